The number of aldehydes is 1. The molecular weight excluding hydrogens is 312 g/mol. The molecule has 0 radical (unpaired) electrons. The van der Waals surface area contributed by atoms with Crippen LogP contribution in [0.2, 0.25) is 5.02 Å². The lowest BCUT2D eigenvalue weighted by molar-refractivity contribution is -0.384. The first-order valence-electron chi connectivity index (χ1n) is 6.51. The Morgan fingerprint density at radius 3 is 2.64 bits per heavy atom. The number of hydrogen-bond acceptors (Lipinski definition) is 5. The first-order chi connectivity index (χ1) is 10.1. The van der Waals surface area contributed by atoms with E-state index in [9.17, 15) is 19.7 Å². The standard InChI is InChI=1S/C14H17ClN2O5/c1-14(2,3)22-13(19)16-11(6-7-18)9-4-5-10(15)12(8-9)17(20)21/h4-5,7-8,11H,6H2,1-3H3,(H,16,19)/t11-/m1/s1. The third kappa shape index (κ3) is 5.33. The van der Waals surface area contributed by atoms with Crippen LogP contribution in [0.5, 0.6) is 0 Å². The number of carbonyl (C=O) groups is 2. The van der Waals surface area contributed by atoms with Crippen molar-refractivity contribution in [1.82, 2.24) is 5.32 Å². The Morgan fingerprint density at radius 1 is 1.50 bits per heavy atom. The molecule has 0 aliphatic rings. The molecule has 0 bridgehead atoms. The van der Waals surface area contributed by atoms with Crippen LogP contribution in [0.4, 0.5) is 10.5 Å². The highest BCUT2D eigenvalue weighted by molar-refractivity contribution is 6.32. The van der Waals surface area contributed by atoms with Crippen molar-refractivity contribution < 1.29 is 19.2 Å². The predicted octanol–water partition coefficient (Wildman–Crippen LogP) is 3.40. The molecule has 0 unspecified atom stereocenters. The maximum Gasteiger partial charge on any atom is 0.408 e. The highest BCUT2D eigenvalue weighted by atomic mass is 35.5. The molecule has 1 aromatic rings. The summed E-state index contributed by atoms with van der Waals surface area (Å²) >= 11 is 5.74. The number of halogens is 1. The van der Waals surface area contributed by atoms with Gasteiger partial charge >= 0.3 is 6.09 Å². The SMILES string of the molecule is CC(C)(C)OC(=O)N[C@H](CC=O)c1ccc(Cl)c([N+](=O)[O-])c1. The second-order valence-electron chi connectivity index (χ2n) is 5.57. The van der Waals surface area contributed by atoms with Gasteiger partial charge in [-0.15, -0.1) is 0 Å². The Kier molecular flexibility index (Phi) is 5.87. The molecule has 120 valence electrons. The van der Waals surface area contributed by atoms with Crippen molar-refractivity contribution >= 4 is 29.7 Å². The zero-order valence-corrected chi connectivity index (χ0v) is 13.2. The summed E-state index contributed by atoms with van der Waals surface area (Å²) in [4.78, 5) is 32.9. The fourth-order valence-corrected chi connectivity index (χ4v) is 1.90. The van der Waals surface area contributed by atoms with Crippen LogP contribution in [-0.2, 0) is 9.53 Å². The van der Waals surface area contributed by atoms with Crippen LogP contribution in [-0.4, -0.2) is 22.9 Å². The molecule has 0 aliphatic carbocycles. The zero-order chi connectivity index (χ0) is 16.9. The summed E-state index contributed by atoms with van der Waals surface area (Å²) in [6.45, 7) is 5.11. The van der Waals surface area contributed by atoms with Crippen molar-refractivity contribution in [2.45, 2.75) is 38.8 Å². The van der Waals surface area contributed by atoms with Crippen LogP contribution in [0.3, 0.4) is 0 Å². The van der Waals surface area contributed by atoms with E-state index in [0.29, 0.717) is 11.8 Å². The smallest absolute Gasteiger partial charge is 0.408 e. The Labute approximate surface area is 132 Å². The van der Waals surface area contributed by atoms with Gasteiger partial charge in [-0.25, -0.2) is 4.79 Å². The van der Waals surface area contributed by atoms with Gasteiger partial charge in [-0.3, -0.25) is 10.1 Å². The van der Waals surface area contributed by atoms with E-state index in [-0.39, 0.29) is 17.1 Å². The molecule has 7 nitrogen and oxygen atoms in total. The minimum atomic E-state index is -0.733. The number of nitrogens with one attached hydrogen (secondary N) is 1. The number of amides is 1. The number of nitrogens with zero attached hydrogens (tertiary/aromatic N) is 1. The third-order valence-corrected chi connectivity index (χ3v) is 2.91. The van der Waals surface area contributed by atoms with Crippen molar-refractivity contribution in [3.05, 3.63) is 38.9 Å². The van der Waals surface area contributed by atoms with Crippen LogP contribution < -0.4 is 5.32 Å². The second-order valence-corrected chi connectivity index (χ2v) is 5.98. The molecule has 1 N–H and O–H groups in total. The van der Waals surface area contributed by atoms with Crippen molar-refractivity contribution in [2.75, 3.05) is 0 Å². The monoisotopic (exact) mass is 328 g/mol. The third-order valence-electron chi connectivity index (χ3n) is 2.59. The predicted molar refractivity (Wildman–Crippen MR) is 80.9 cm³/mol. The Balaban J connectivity index is 3.00. The molecular formula is C14H17ClN2O5. The molecule has 8 heteroatoms. The van der Waals surface area contributed by atoms with Crippen molar-refractivity contribution in [2.24, 2.45) is 0 Å². The average Bonchev–Trinajstić information content (AvgIpc) is 2.36. The maximum absolute atomic E-state index is 11.8. The Hall–Kier alpha value is -2.15. The van der Waals surface area contributed by atoms with Gasteiger partial charge in [-0.2, -0.15) is 0 Å². The summed E-state index contributed by atoms with van der Waals surface area (Å²) in [6.07, 6.45) is -0.141. The van der Waals surface area contributed by atoms with Gasteiger partial charge < -0.3 is 14.8 Å². The van der Waals surface area contributed by atoms with Crippen molar-refractivity contribution in [3.8, 4) is 0 Å². The van der Waals surface area contributed by atoms with Gasteiger partial charge in [0.15, 0.2) is 0 Å². The van der Waals surface area contributed by atoms with E-state index in [1.807, 2.05) is 0 Å². The van der Waals surface area contributed by atoms with Crippen LogP contribution in [0.15, 0.2) is 18.2 Å². The van der Waals surface area contributed by atoms with Crippen molar-refractivity contribution in [1.29, 1.82) is 0 Å². The van der Waals surface area contributed by atoms with Gasteiger partial charge in [-0.05, 0) is 32.4 Å². The molecule has 1 rings (SSSR count). The molecule has 0 saturated carbocycles. The number of nitro groups is 1. The lowest BCUT2D eigenvalue weighted by atomic mass is 10.0. The highest BCUT2D eigenvalue weighted by Gasteiger charge is 2.22. The Morgan fingerprint density at radius 2 is 2.14 bits per heavy atom. The number of nitro benzene ring substituents is 1. The minimum Gasteiger partial charge on any atom is -0.444 e. The van der Waals surface area contributed by atoms with E-state index in [4.69, 9.17) is 16.3 Å². The molecule has 0 aliphatic heterocycles. The fraction of sp³-hybridized carbons (Fsp3) is 0.429. The van der Waals surface area contributed by atoms with Gasteiger partial charge in [0, 0.05) is 12.5 Å². The summed E-state index contributed by atoms with van der Waals surface area (Å²) in [5.41, 5.74) is -0.586. The quantitative estimate of drug-likeness (QED) is 0.507. The summed E-state index contributed by atoms with van der Waals surface area (Å²) in [6, 6.07) is 3.36. The van der Waals surface area contributed by atoms with Gasteiger partial charge in [0.25, 0.3) is 5.69 Å². The van der Waals surface area contributed by atoms with Crippen molar-refractivity contribution in [3.63, 3.8) is 0 Å². The molecule has 0 heterocycles. The van der Waals surface area contributed by atoms with Crippen LogP contribution >= 0.6 is 11.6 Å². The molecule has 0 fully saturated rings. The zero-order valence-electron chi connectivity index (χ0n) is 12.5. The van der Waals surface area contributed by atoms with E-state index < -0.39 is 22.7 Å². The van der Waals surface area contributed by atoms with E-state index in [1.165, 1.54) is 18.2 Å². The average molecular weight is 329 g/mol. The van der Waals surface area contributed by atoms with Gasteiger partial charge in [0.1, 0.15) is 16.9 Å². The van der Waals surface area contributed by atoms with Gasteiger partial charge in [-0.1, -0.05) is 17.7 Å². The molecule has 22 heavy (non-hydrogen) atoms. The highest BCUT2D eigenvalue weighted by Crippen LogP contribution is 2.28. The van der Waals surface area contributed by atoms with E-state index in [1.54, 1.807) is 20.8 Å². The Bertz CT molecular complexity index is 583. The van der Waals surface area contributed by atoms with Crippen LogP contribution in [0.25, 0.3) is 0 Å². The number of hydrogen-bond donors (Lipinski definition) is 1. The summed E-state index contributed by atoms with van der Waals surface area (Å²) < 4.78 is 5.11. The number of ether oxygens (including phenoxy) is 1. The lowest BCUT2D eigenvalue weighted by Crippen LogP contribution is -2.35. The van der Waals surface area contributed by atoms with E-state index in [2.05, 4.69) is 5.32 Å². The molecule has 0 saturated heterocycles. The normalized spacial score (nSPS) is 12.4. The summed E-state index contributed by atoms with van der Waals surface area (Å²) in [5.74, 6) is 0. The molecule has 1 atom stereocenters. The molecule has 1 amide bonds. The largest absolute Gasteiger partial charge is 0.444 e. The number of benzene rings is 1. The van der Waals surface area contributed by atoms with Gasteiger partial charge in [0.2, 0.25) is 0 Å². The second kappa shape index (κ2) is 7.22. The first kappa shape index (κ1) is 17.9. The fourth-order valence-electron chi connectivity index (χ4n) is 1.71. The van der Waals surface area contributed by atoms with E-state index >= 15 is 0 Å². The molecule has 0 spiro atoms. The van der Waals surface area contributed by atoms with Gasteiger partial charge in [0.05, 0.1) is 11.0 Å². The molecule has 0 aromatic heterocycles. The number of alkyl carbamates (subject to hydrolysis) is 1. The number of carbonyl (C=O) groups excluding carboxylic acids is 2. The van der Waals surface area contributed by atoms with E-state index in [0.717, 1.165) is 0 Å². The summed E-state index contributed by atoms with van der Waals surface area (Å²) in [7, 11) is 0. The van der Waals surface area contributed by atoms with Crippen LogP contribution in [0.1, 0.15) is 38.8 Å². The van der Waals surface area contributed by atoms with Crippen LogP contribution in [0, 0.1) is 10.1 Å². The number of rotatable bonds is 5. The maximum atomic E-state index is 11.8. The molecule has 1 aromatic carbocycles. The lowest BCUT2D eigenvalue weighted by Gasteiger charge is -2.23. The summed E-state index contributed by atoms with van der Waals surface area (Å²) in [5, 5.41) is 13.4. The topological polar surface area (TPSA) is 98.5 Å². The first-order valence-corrected chi connectivity index (χ1v) is 6.89. The minimum absolute atomic E-state index is 0.0177.